The number of fused-ring (bicyclic) bond motifs is 1. The van der Waals surface area contributed by atoms with Gasteiger partial charge in [-0.25, -0.2) is 0 Å². The largest absolute Gasteiger partial charge is 0.398 e. The molecule has 0 spiro atoms. The fraction of sp³-hybridized carbons (Fsp3) is 0.385. The summed E-state index contributed by atoms with van der Waals surface area (Å²) < 4.78 is 0. The van der Waals surface area contributed by atoms with E-state index in [1.165, 1.54) is 0 Å². The maximum Gasteiger partial charge on any atom is 0.256 e. The first-order valence-electron chi connectivity index (χ1n) is 6.15. The van der Waals surface area contributed by atoms with Gasteiger partial charge in [-0.05, 0) is 24.5 Å². The van der Waals surface area contributed by atoms with Crippen molar-refractivity contribution in [2.45, 2.75) is 25.3 Å². The highest BCUT2D eigenvalue weighted by Crippen LogP contribution is 2.34. The average molecular weight is 245 g/mol. The van der Waals surface area contributed by atoms with Crippen LogP contribution in [0.2, 0.25) is 0 Å². The van der Waals surface area contributed by atoms with E-state index in [0.29, 0.717) is 29.3 Å². The Morgan fingerprint density at radius 3 is 2.78 bits per heavy atom. The van der Waals surface area contributed by atoms with Crippen molar-refractivity contribution in [3.05, 3.63) is 23.8 Å². The second kappa shape index (κ2) is 4.01. The van der Waals surface area contributed by atoms with Gasteiger partial charge < -0.3 is 16.4 Å². The number of hydrogen-bond acceptors (Lipinski definition) is 3. The van der Waals surface area contributed by atoms with Crippen LogP contribution in [0.4, 0.5) is 11.4 Å². The van der Waals surface area contributed by atoms with Crippen LogP contribution >= 0.6 is 0 Å². The maximum atomic E-state index is 12.1. The Balaban J connectivity index is 1.92. The second-order valence-corrected chi connectivity index (χ2v) is 4.96. The number of anilines is 2. The summed E-state index contributed by atoms with van der Waals surface area (Å²) in [5, 5.41) is 5.54. The van der Waals surface area contributed by atoms with E-state index in [1.807, 2.05) is 0 Å². The number of carbonyl (C=O) groups is 2. The van der Waals surface area contributed by atoms with Crippen molar-refractivity contribution in [3.8, 4) is 0 Å². The first-order valence-corrected chi connectivity index (χ1v) is 6.15. The maximum absolute atomic E-state index is 12.1. The Kier molecular flexibility index (Phi) is 2.47. The summed E-state index contributed by atoms with van der Waals surface area (Å²) in [6.45, 7) is 0. The summed E-state index contributed by atoms with van der Waals surface area (Å²) in [6, 6.07) is 4.63. The smallest absolute Gasteiger partial charge is 0.256 e. The minimum Gasteiger partial charge on any atom is -0.398 e. The van der Waals surface area contributed by atoms with E-state index in [2.05, 4.69) is 10.6 Å². The summed E-state index contributed by atoms with van der Waals surface area (Å²) in [7, 11) is 0. The van der Waals surface area contributed by atoms with Crippen LogP contribution in [0.3, 0.4) is 0 Å². The number of nitrogens with two attached hydrogens (primary N) is 1. The number of rotatable bonds is 2. The molecule has 0 aromatic heterocycles. The van der Waals surface area contributed by atoms with E-state index < -0.39 is 6.04 Å². The topological polar surface area (TPSA) is 84.2 Å². The molecule has 0 saturated heterocycles. The van der Waals surface area contributed by atoms with Gasteiger partial charge in [0.2, 0.25) is 5.91 Å². The molecule has 1 unspecified atom stereocenters. The van der Waals surface area contributed by atoms with E-state index in [-0.39, 0.29) is 11.8 Å². The van der Waals surface area contributed by atoms with Crippen molar-refractivity contribution >= 4 is 23.2 Å². The van der Waals surface area contributed by atoms with Gasteiger partial charge in [0.05, 0.1) is 11.3 Å². The molecule has 1 heterocycles. The van der Waals surface area contributed by atoms with Crippen LogP contribution in [0.25, 0.3) is 0 Å². The van der Waals surface area contributed by atoms with E-state index in [4.69, 9.17) is 5.73 Å². The van der Waals surface area contributed by atoms with E-state index in [0.717, 1.165) is 12.8 Å². The fourth-order valence-electron chi connectivity index (χ4n) is 2.30. The van der Waals surface area contributed by atoms with E-state index >= 15 is 0 Å². The molecule has 0 radical (unpaired) electrons. The van der Waals surface area contributed by atoms with Gasteiger partial charge >= 0.3 is 0 Å². The molecule has 1 fully saturated rings. The van der Waals surface area contributed by atoms with Crippen molar-refractivity contribution in [2.75, 3.05) is 11.1 Å². The summed E-state index contributed by atoms with van der Waals surface area (Å²) in [5.41, 5.74) is 7.04. The molecule has 5 heteroatoms. The molecule has 5 nitrogen and oxygen atoms in total. The predicted molar refractivity (Wildman–Crippen MR) is 68.1 cm³/mol. The van der Waals surface area contributed by atoms with Gasteiger partial charge in [0.15, 0.2) is 0 Å². The van der Waals surface area contributed by atoms with Crippen LogP contribution in [-0.4, -0.2) is 17.9 Å². The molecule has 1 aliphatic carbocycles. The van der Waals surface area contributed by atoms with Crippen LogP contribution < -0.4 is 16.4 Å². The monoisotopic (exact) mass is 245 g/mol. The zero-order valence-electron chi connectivity index (χ0n) is 9.90. The first kappa shape index (κ1) is 11.1. The van der Waals surface area contributed by atoms with Crippen LogP contribution in [-0.2, 0) is 4.79 Å². The fourth-order valence-corrected chi connectivity index (χ4v) is 2.30. The highest BCUT2D eigenvalue weighted by Gasteiger charge is 2.33. The molecule has 2 aliphatic rings. The lowest BCUT2D eigenvalue weighted by molar-refractivity contribution is -0.118. The van der Waals surface area contributed by atoms with Gasteiger partial charge in [-0.15, -0.1) is 0 Å². The summed E-state index contributed by atoms with van der Waals surface area (Å²) in [5.74, 6) is 0.145. The van der Waals surface area contributed by atoms with E-state index in [1.54, 1.807) is 18.2 Å². The number of carbonyl (C=O) groups excluding carboxylic acids is 2. The number of nitrogen functional groups attached to an aromatic ring is 1. The van der Waals surface area contributed by atoms with Gasteiger partial charge in [-0.2, -0.15) is 0 Å². The minimum atomic E-state index is -0.447. The molecule has 0 bridgehead atoms. The number of benzene rings is 1. The predicted octanol–water partition coefficient (Wildman–Crippen LogP) is 1.12. The third kappa shape index (κ3) is 1.92. The van der Waals surface area contributed by atoms with Gasteiger partial charge in [0, 0.05) is 5.69 Å². The third-order valence-corrected chi connectivity index (χ3v) is 3.47. The van der Waals surface area contributed by atoms with Crippen molar-refractivity contribution in [1.29, 1.82) is 0 Å². The first-order chi connectivity index (χ1) is 8.65. The van der Waals surface area contributed by atoms with Crippen LogP contribution in [0.5, 0.6) is 0 Å². The molecule has 1 aromatic carbocycles. The zero-order valence-corrected chi connectivity index (χ0v) is 9.90. The van der Waals surface area contributed by atoms with Gasteiger partial charge in [-0.3, -0.25) is 9.59 Å². The molecule has 1 aliphatic heterocycles. The molecule has 1 aromatic rings. The highest BCUT2D eigenvalue weighted by molar-refractivity contribution is 6.12. The molecule has 18 heavy (non-hydrogen) atoms. The Morgan fingerprint density at radius 2 is 2.06 bits per heavy atom. The lowest BCUT2D eigenvalue weighted by atomic mass is 10.1. The van der Waals surface area contributed by atoms with Crippen LogP contribution in [0.15, 0.2) is 18.2 Å². The number of hydrogen-bond donors (Lipinski definition) is 3. The molecular formula is C13H15N3O2. The Bertz CT molecular complexity index is 523. The molecular weight excluding hydrogens is 230 g/mol. The third-order valence-electron chi connectivity index (χ3n) is 3.47. The summed E-state index contributed by atoms with van der Waals surface area (Å²) >= 11 is 0. The van der Waals surface area contributed by atoms with Crippen LogP contribution in [0.1, 0.15) is 29.6 Å². The van der Waals surface area contributed by atoms with Crippen LogP contribution in [0, 0.1) is 5.92 Å². The molecule has 1 atom stereocenters. The zero-order chi connectivity index (χ0) is 12.7. The Labute approximate surface area is 105 Å². The molecule has 3 rings (SSSR count). The SMILES string of the molecule is Nc1cccc2c1C(=O)NC(CC1CC1)C(=O)N2. The van der Waals surface area contributed by atoms with Gasteiger partial charge in [-0.1, -0.05) is 18.9 Å². The standard InChI is InChI=1S/C13H15N3O2/c14-8-2-1-3-9-11(8)13(18)16-10(12(17)15-9)6-7-4-5-7/h1-3,7,10H,4-6,14H2,(H,15,17)(H,16,18). The molecule has 1 saturated carbocycles. The molecule has 2 amide bonds. The van der Waals surface area contributed by atoms with E-state index in [9.17, 15) is 9.59 Å². The van der Waals surface area contributed by atoms with Crippen molar-refractivity contribution in [1.82, 2.24) is 5.32 Å². The Morgan fingerprint density at radius 1 is 1.28 bits per heavy atom. The molecule has 4 N–H and O–H groups in total. The van der Waals surface area contributed by atoms with Gasteiger partial charge in [0.1, 0.15) is 6.04 Å². The number of nitrogens with one attached hydrogen (secondary N) is 2. The minimum absolute atomic E-state index is 0.153. The Hall–Kier alpha value is -2.04. The van der Waals surface area contributed by atoms with Crippen molar-refractivity contribution in [3.63, 3.8) is 0 Å². The number of amides is 2. The second-order valence-electron chi connectivity index (χ2n) is 4.96. The summed E-state index contributed by atoms with van der Waals surface area (Å²) in [4.78, 5) is 24.1. The lowest BCUT2D eigenvalue weighted by Crippen LogP contribution is -2.41. The van der Waals surface area contributed by atoms with Crippen molar-refractivity contribution < 1.29 is 9.59 Å². The quantitative estimate of drug-likeness (QED) is 0.683. The molecule has 94 valence electrons. The lowest BCUT2D eigenvalue weighted by Gasteiger charge is -2.13. The summed E-state index contributed by atoms with van der Waals surface area (Å²) in [6.07, 6.45) is 3.01. The van der Waals surface area contributed by atoms with Crippen molar-refractivity contribution in [2.24, 2.45) is 5.92 Å². The normalized spacial score (nSPS) is 22.8. The van der Waals surface area contributed by atoms with Gasteiger partial charge in [0.25, 0.3) is 5.91 Å². The average Bonchev–Trinajstić information content (AvgIpc) is 3.11. The highest BCUT2D eigenvalue weighted by atomic mass is 16.2.